The van der Waals surface area contributed by atoms with E-state index in [9.17, 15) is 26.3 Å². The average Bonchev–Trinajstić information content (AvgIpc) is 2.05. The Morgan fingerprint density at radius 2 is 1.87 bits per heavy atom. The van der Waals surface area contributed by atoms with Gasteiger partial charge in [-0.15, -0.1) is 0 Å². The summed E-state index contributed by atoms with van der Waals surface area (Å²) in [5.74, 6) is -2.64. The molecule has 0 saturated heterocycles. The Kier molecular flexibility index (Phi) is 3.06. The van der Waals surface area contributed by atoms with Crippen LogP contribution in [0.25, 0.3) is 0 Å². The Morgan fingerprint density at radius 3 is 2.33 bits per heavy atom. The lowest BCUT2D eigenvalue weighted by Gasteiger charge is -2.11. The molecule has 0 radical (unpaired) electrons. The van der Waals surface area contributed by atoms with Crippen molar-refractivity contribution in [1.29, 1.82) is 0 Å². The summed E-state index contributed by atoms with van der Waals surface area (Å²) in [4.78, 5) is 2.79. The van der Waals surface area contributed by atoms with Gasteiger partial charge in [-0.3, -0.25) is 0 Å². The van der Waals surface area contributed by atoms with Crippen LogP contribution >= 0.6 is 0 Å². The zero-order valence-corrected chi connectivity index (χ0v) is 6.86. The predicted octanol–water partition coefficient (Wildman–Crippen LogP) is 2.84. The summed E-state index contributed by atoms with van der Waals surface area (Å²) in [6.45, 7) is -3.45. The Labute approximate surface area is 79.5 Å². The molecule has 0 aliphatic heterocycles. The molecule has 1 aromatic rings. The number of pyridine rings is 1. The van der Waals surface area contributed by atoms with Crippen LogP contribution in [0.1, 0.15) is 5.56 Å². The molecule has 0 aliphatic carbocycles. The summed E-state index contributed by atoms with van der Waals surface area (Å²) in [6, 6.07) is 0.0325. The minimum atomic E-state index is -5.00. The van der Waals surface area contributed by atoms with Crippen molar-refractivity contribution in [3.63, 3.8) is 0 Å². The molecule has 0 aliphatic rings. The van der Waals surface area contributed by atoms with Crippen molar-refractivity contribution in [2.75, 3.05) is 0 Å². The van der Waals surface area contributed by atoms with Gasteiger partial charge in [0, 0.05) is 0 Å². The lowest BCUT2D eigenvalue weighted by Crippen LogP contribution is -2.13. The van der Waals surface area contributed by atoms with Gasteiger partial charge < -0.3 is 4.74 Å². The third-order valence-electron chi connectivity index (χ3n) is 1.32. The highest BCUT2D eigenvalue weighted by Gasteiger charge is 2.36. The van der Waals surface area contributed by atoms with Gasteiger partial charge in [-0.1, -0.05) is 0 Å². The topological polar surface area (TPSA) is 22.1 Å². The van der Waals surface area contributed by atoms with Crippen LogP contribution in [0.4, 0.5) is 26.3 Å². The number of hydrogen-bond donors (Lipinski definition) is 0. The SMILES string of the molecule is Fc1cnc(OC(F)F)c(C(F)(F)F)c1. The van der Waals surface area contributed by atoms with Crippen LogP contribution < -0.4 is 4.74 Å². The minimum absolute atomic E-state index is 0.0325. The normalized spacial score (nSPS) is 11.9. The van der Waals surface area contributed by atoms with Gasteiger partial charge in [-0.2, -0.15) is 22.0 Å². The first-order valence-electron chi connectivity index (χ1n) is 3.48. The van der Waals surface area contributed by atoms with Crippen molar-refractivity contribution in [1.82, 2.24) is 4.98 Å². The van der Waals surface area contributed by atoms with Gasteiger partial charge in [0.15, 0.2) is 0 Å². The lowest BCUT2D eigenvalue weighted by molar-refractivity contribution is -0.142. The molecule has 0 amide bonds. The largest absolute Gasteiger partial charge is 0.421 e. The number of alkyl halides is 5. The molecule has 0 saturated carbocycles. The molecule has 1 rings (SSSR count). The summed E-state index contributed by atoms with van der Waals surface area (Å²) < 4.78 is 75.7. The first-order chi connectivity index (χ1) is 6.80. The third-order valence-corrected chi connectivity index (χ3v) is 1.32. The monoisotopic (exact) mass is 231 g/mol. The number of rotatable bonds is 2. The second-order valence-electron chi connectivity index (χ2n) is 2.38. The standard InChI is InChI=1S/C7H3F6NO/c8-3-1-4(7(11,12)13)5(14-2-3)15-6(9)10/h1-2,6H. The van der Waals surface area contributed by atoms with Gasteiger partial charge >= 0.3 is 12.8 Å². The molecule has 2 nitrogen and oxygen atoms in total. The summed E-state index contributed by atoms with van der Waals surface area (Å²) in [6.07, 6.45) is -4.65. The van der Waals surface area contributed by atoms with Gasteiger partial charge in [0.1, 0.15) is 11.4 Å². The molecule has 84 valence electrons. The summed E-state index contributed by atoms with van der Waals surface area (Å²) in [7, 11) is 0. The van der Waals surface area contributed by atoms with E-state index in [1.54, 1.807) is 0 Å². The van der Waals surface area contributed by atoms with E-state index in [2.05, 4.69) is 9.72 Å². The molecule has 0 N–H and O–H groups in total. The molecule has 0 bridgehead atoms. The van der Waals surface area contributed by atoms with E-state index in [0.29, 0.717) is 6.20 Å². The number of nitrogens with zero attached hydrogens (tertiary/aromatic N) is 1. The average molecular weight is 231 g/mol. The fourth-order valence-corrected chi connectivity index (χ4v) is 0.808. The van der Waals surface area contributed by atoms with E-state index in [4.69, 9.17) is 0 Å². The van der Waals surface area contributed by atoms with Gasteiger partial charge in [0.2, 0.25) is 5.88 Å². The van der Waals surface area contributed by atoms with Gasteiger partial charge in [0.25, 0.3) is 0 Å². The second-order valence-corrected chi connectivity index (χ2v) is 2.38. The van der Waals surface area contributed by atoms with Crippen LogP contribution in [-0.4, -0.2) is 11.6 Å². The van der Waals surface area contributed by atoms with Crippen molar-refractivity contribution in [2.24, 2.45) is 0 Å². The van der Waals surface area contributed by atoms with Crippen LogP contribution in [0.15, 0.2) is 12.3 Å². The first kappa shape index (κ1) is 11.6. The van der Waals surface area contributed by atoms with Crippen molar-refractivity contribution in [3.8, 4) is 5.88 Å². The maximum absolute atomic E-state index is 12.4. The molecule has 15 heavy (non-hydrogen) atoms. The van der Waals surface area contributed by atoms with Gasteiger partial charge in [-0.05, 0) is 6.07 Å². The summed E-state index contributed by atoms with van der Waals surface area (Å²) in [5.41, 5.74) is -1.68. The van der Waals surface area contributed by atoms with Crippen LogP contribution in [-0.2, 0) is 6.18 Å². The summed E-state index contributed by atoms with van der Waals surface area (Å²) >= 11 is 0. The smallest absolute Gasteiger partial charge is 0.416 e. The van der Waals surface area contributed by atoms with Crippen LogP contribution in [0.2, 0.25) is 0 Å². The highest BCUT2D eigenvalue weighted by atomic mass is 19.4. The highest BCUT2D eigenvalue weighted by molar-refractivity contribution is 5.28. The van der Waals surface area contributed by atoms with Crippen molar-refractivity contribution in [3.05, 3.63) is 23.6 Å². The first-order valence-corrected chi connectivity index (χ1v) is 3.48. The summed E-state index contributed by atoms with van der Waals surface area (Å²) in [5, 5.41) is 0. The maximum Gasteiger partial charge on any atom is 0.421 e. The molecule has 0 atom stereocenters. The van der Waals surface area contributed by atoms with Gasteiger partial charge in [0.05, 0.1) is 6.20 Å². The molecule has 0 unspecified atom stereocenters. The number of ether oxygens (including phenoxy) is 1. The molecule has 1 aromatic heterocycles. The molecule has 0 aromatic carbocycles. The minimum Gasteiger partial charge on any atom is -0.416 e. The van der Waals surface area contributed by atoms with Crippen LogP contribution in [0.5, 0.6) is 5.88 Å². The van der Waals surface area contributed by atoms with E-state index < -0.39 is 30.0 Å². The van der Waals surface area contributed by atoms with Crippen molar-refractivity contribution < 1.29 is 31.1 Å². The quantitative estimate of drug-likeness (QED) is 0.730. The van der Waals surface area contributed by atoms with Gasteiger partial charge in [-0.25, -0.2) is 9.37 Å². The van der Waals surface area contributed by atoms with E-state index in [1.807, 2.05) is 0 Å². The highest BCUT2D eigenvalue weighted by Crippen LogP contribution is 2.35. The van der Waals surface area contributed by atoms with E-state index in [-0.39, 0.29) is 6.07 Å². The van der Waals surface area contributed by atoms with E-state index in [1.165, 1.54) is 0 Å². The fraction of sp³-hybridized carbons (Fsp3) is 0.286. The lowest BCUT2D eigenvalue weighted by atomic mass is 10.2. The zero-order chi connectivity index (χ0) is 11.6. The Bertz CT molecular complexity index is 350. The molecule has 1 heterocycles. The van der Waals surface area contributed by atoms with Crippen LogP contribution in [0, 0.1) is 5.82 Å². The Balaban J connectivity index is 3.15. The number of aromatic nitrogens is 1. The Hall–Kier alpha value is -1.47. The predicted molar refractivity (Wildman–Crippen MR) is 35.8 cm³/mol. The maximum atomic E-state index is 12.4. The third kappa shape index (κ3) is 3.00. The zero-order valence-electron chi connectivity index (χ0n) is 6.86. The number of halogens is 6. The van der Waals surface area contributed by atoms with Crippen molar-refractivity contribution in [2.45, 2.75) is 12.8 Å². The number of hydrogen-bond acceptors (Lipinski definition) is 2. The van der Waals surface area contributed by atoms with Crippen molar-refractivity contribution >= 4 is 0 Å². The van der Waals surface area contributed by atoms with E-state index in [0.717, 1.165) is 0 Å². The molecular formula is C7H3F6NO. The Morgan fingerprint density at radius 1 is 1.27 bits per heavy atom. The van der Waals surface area contributed by atoms with Crippen LogP contribution in [0.3, 0.4) is 0 Å². The van der Waals surface area contributed by atoms with E-state index >= 15 is 0 Å². The second kappa shape index (κ2) is 3.95. The molecule has 8 heteroatoms. The molecule has 0 spiro atoms. The fourth-order valence-electron chi connectivity index (χ4n) is 0.808. The molecular weight excluding hydrogens is 228 g/mol. The molecule has 0 fully saturated rings.